The Morgan fingerprint density at radius 3 is 2.84 bits per heavy atom. The summed E-state index contributed by atoms with van der Waals surface area (Å²) in [6.07, 6.45) is 5.85. The molecular formula is C14H19BrN4. The average Bonchev–Trinajstić information content (AvgIpc) is 2.80. The highest BCUT2D eigenvalue weighted by Gasteiger charge is 2.11. The Hall–Kier alpha value is -1.17. The van der Waals surface area contributed by atoms with Gasteiger partial charge >= 0.3 is 0 Å². The van der Waals surface area contributed by atoms with Crippen LogP contribution in [0.2, 0.25) is 0 Å². The number of halogens is 1. The third kappa shape index (κ3) is 3.65. The number of nitrogens with one attached hydrogen (secondary N) is 1. The van der Waals surface area contributed by atoms with Crippen LogP contribution >= 0.6 is 15.9 Å². The van der Waals surface area contributed by atoms with Crippen LogP contribution in [0.25, 0.3) is 0 Å². The summed E-state index contributed by atoms with van der Waals surface area (Å²) in [5.41, 5.74) is 6.57. The lowest BCUT2D eigenvalue weighted by Gasteiger charge is -2.17. The van der Waals surface area contributed by atoms with Crippen LogP contribution < -0.4 is 11.3 Å². The van der Waals surface area contributed by atoms with Gasteiger partial charge < -0.3 is 0 Å². The van der Waals surface area contributed by atoms with E-state index in [1.54, 1.807) is 0 Å². The Labute approximate surface area is 122 Å². The van der Waals surface area contributed by atoms with Crippen molar-refractivity contribution >= 4 is 15.9 Å². The number of nitrogens with two attached hydrogens (primary N) is 1. The van der Waals surface area contributed by atoms with Crippen LogP contribution in [-0.4, -0.2) is 9.78 Å². The second-order valence-electron chi connectivity index (χ2n) is 4.79. The number of hydrazine groups is 1. The van der Waals surface area contributed by atoms with Crippen molar-refractivity contribution in [3.8, 4) is 0 Å². The SMILES string of the molecule is Cc1cc(C(CCc2cnn(C)c2)NN)ccc1Br. The van der Waals surface area contributed by atoms with Crippen molar-refractivity contribution in [1.29, 1.82) is 0 Å². The van der Waals surface area contributed by atoms with Gasteiger partial charge in [-0.1, -0.05) is 28.1 Å². The minimum Gasteiger partial charge on any atom is -0.276 e. The molecule has 1 unspecified atom stereocenters. The van der Waals surface area contributed by atoms with Gasteiger partial charge in [0.1, 0.15) is 0 Å². The molecule has 2 rings (SSSR count). The number of hydrogen-bond acceptors (Lipinski definition) is 3. The molecule has 0 radical (unpaired) electrons. The maximum atomic E-state index is 5.68. The van der Waals surface area contributed by atoms with Crippen LogP contribution in [0.4, 0.5) is 0 Å². The fraction of sp³-hybridized carbons (Fsp3) is 0.357. The van der Waals surface area contributed by atoms with E-state index in [1.165, 1.54) is 16.7 Å². The molecule has 0 saturated heterocycles. The number of aryl methyl sites for hydroxylation is 3. The third-order valence-electron chi connectivity index (χ3n) is 3.27. The van der Waals surface area contributed by atoms with Crippen LogP contribution in [0.15, 0.2) is 35.1 Å². The molecule has 0 bridgehead atoms. The number of nitrogens with zero attached hydrogens (tertiary/aromatic N) is 2. The Bertz CT molecular complexity index is 550. The molecule has 102 valence electrons. The molecule has 19 heavy (non-hydrogen) atoms. The maximum Gasteiger partial charge on any atom is 0.0521 e. The molecule has 0 aliphatic carbocycles. The molecule has 0 fully saturated rings. The molecule has 1 aromatic heterocycles. The van der Waals surface area contributed by atoms with Crippen molar-refractivity contribution in [2.24, 2.45) is 12.9 Å². The van der Waals surface area contributed by atoms with E-state index < -0.39 is 0 Å². The minimum atomic E-state index is 0.159. The van der Waals surface area contributed by atoms with E-state index >= 15 is 0 Å². The lowest BCUT2D eigenvalue weighted by molar-refractivity contribution is 0.516. The third-order valence-corrected chi connectivity index (χ3v) is 4.16. The Morgan fingerprint density at radius 2 is 2.26 bits per heavy atom. The van der Waals surface area contributed by atoms with Crippen molar-refractivity contribution in [2.75, 3.05) is 0 Å². The minimum absolute atomic E-state index is 0.159. The van der Waals surface area contributed by atoms with Gasteiger partial charge in [0.2, 0.25) is 0 Å². The second kappa shape index (κ2) is 6.32. The molecule has 2 aromatic rings. The first-order valence-electron chi connectivity index (χ1n) is 6.30. The monoisotopic (exact) mass is 322 g/mol. The number of aromatic nitrogens is 2. The molecule has 0 saturated carbocycles. The zero-order valence-corrected chi connectivity index (χ0v) is 12.8. The molecule has 1 aromatic carbocycles. The van der Waals surface area contributed by atoms with Gasteiger partial charge in [-0.2, -0.15) is 5.10 Å². The molecule has 1 heterocycles. The molecule has 1 atom stereocenters. The standard InChI is InChI=1S/C14H19BrN4/c1-10-7-12(4-5-13(10)15)14(18-16)6-3-11-8-17-19(2)9-11/h4-5,7-9,14,18H,3,6,16H2,1-2H3. The highest BCUT2D eigenvalue weighted by atomic mass is 79.9. The number of rotatable bonds is 5. The van der Waals surface area contributed by atoms with E-state index in [0.717, 1.165) is 17.3 Å². The van der Waals surface area contributed by atoms with Gasteiger partial charge in [-0.15, -0.1) is 0 Å². The smallest absolute Gasteiger partial charge is 0.0521 e. The van der Waals surface area contributed by atoms with Gasteiger partial charge in [-0.3, -0.25) is 16.0 Å². The van der Waals surface area contributed by atoms with Crippen LogP contribution in [0.3, 0.4) is 0 Å². The van der Waals surface area contributed by atoms with Crippen molar-refractivity contribution in [1.82, 2.24) is 15.2 Å². The van der Waals surface area contributed by atoms with E-state index in [0.29, 0.717) is 0 Å². The molecule has 0 aliphatic rings. The second-order valence-corrected chi connectivity index (χ2v) is 5.64. The summed E-state index contributed by atoms with van der Waals surface area (Å²) in [4.78, 5) is 0. The Kier molecular flexibility index (Phi) is 4.74. The summed E-state index contributed by atoms with van der Waals surface area (Å²) >= 11 is 3.52. The van der Waals surface area contributed by atoms with Crippen molar-refractivity contribution in [3.63, 3.8) is 0 Å². The maximum absolute atomic E-state index is 5.68. The molecule has 4 nitrogen and oxygen atoms in total. The summed E-state index contributed by atoms with van der Waals surface area (Å²) in [5, 5.41) is 4.18. The van der Waals surface area contributed by atoms with Gasteiger partial charge in [0.15, 0.2) is 0 Å². The molecular weight excluding hydrogens is 304 g/mol. The molecule has 0 spiro atoms. The predicted octanol–water partition coefficient (Wildman–Crippen LogP) is 2.63. The summed E-state index contributed by atoms with van der Waals surface area (Å²) in [6, 6.07) is 6.49. The predicted molar refractivity (Wildman–Crippen MR) is 80.5 cm³/mol. The quantitative estimate of drug-likeness (QED) is 0.657. The summed E-state index contributed by atoms with van der Waals surface area (Å²) in [6.45, 7) is 2.09. The lowest BCUT2D eigenvalue weighted by Crippen LogP contribution is -2.28. The van der Waals surface area contributed by atoms with E-state index in [9.17, 15) is 0 Å². The highest BCUT2D eigenvalue weighted by molar-refractivity contribution is 9.10. The van der Waals surface area contributed by atoms with Crippen LogP contribution in [0.1, 0.15) is 29.2 Å². The number of hydrogen-bond donors (Lipinski definition) is 2. The van der Waals surface area contributed by atoms with Gasteiger partial charge in [0.25, 0.3) is 0 Å². The lowest BCUT2D eigenvalue weighted by atomic mass is 9.99. The molecule has 5 heteroatoms. The first-order chi connectivity index (χ1) is 9.10. The van der Waals surface area contributed by atoms with Crippen LogP contribution in [-0.2, 0) is 13.5 Å². The topological polar surface area (TPSA) is 55.9 Å². The molecule has 3 N–H and O–H groups in total. The first kappa shape index (κ1) is 14.2. The molecule has 0 amide bonds. The average molecular weight is 323 g/mol. The Balaban J connectivity index is 2.05. The zero-order valence-electron chi connectivity index (χ0n) is 11.2. The summed E-state index contributed by atoms with van der Waals surface area (Å²) in [7, 11) is 1.93. The van der Waals surface area contributed by atoms with Gasteiger partial charge in [0, 0.05) is 23.8 Å². The fourth-order valence-corrected chi connectivity index (χ4v) is 2.39. The van der Waals surface area contributed by atoms with Crippen molar-refractivity contribution in [2.45, 2.75) is 25.8 Å². The first-order valence-corrected chi connectivity index (χ1v) is 7.09. The summed E-state index contributed by atoms with van der Waals surface area (Å²) in [5.74, 6) is 5.68. The Morgan fingerprint density at radius 1 is 1.47 bits per heavy atom. The van der Waals surface area contributed by atoms with Crippen LogP contribution in [0, 0.1) is 6.92 Å². The van der Waals surface area contributed by atoms with E-state index in [2.05, 4.69) is 51.6 Å². The van der Waals surface area contributed by atoms with Crippen molar-refractivity contribution in [3.05, 3.63) is 51.8 Å². The van der Waals surface area contributed by atoms with Crippen molar-refractivity contribution < 1.29 is 0 Å². The summed E-state index contributed by atoms with van der Waals surface area (Å²) < 4.78 is 2.95. The zero-order chi connectivity index (χ0) is 13.8. The molecule has 0 aliphatic heterocycles. The van der Waals surface area contributed by atoms with Crippen LogP contribution in [0.5, 0.6) is 0 Å². The van der Waals surface area contributed by atoms with Gasteiger partial charge in [-0.05, 0) is 42.5 Å². The van der Waals surface area contributed by atoms with Gasteiger partial charge in [-0.25, -0.2) is 0 Å². The fourth-order valence-electron chi connectivity index (χ4n) is 2.14. The highest BCUT2D eigenvalue weighted by Crippen LogP contribution is 2.23. The largest absolute Gasteiger partial charge is 0.276 e. The number of benzene rings is 1. The van der Waals surface area contributed by atoms with E-state index in [4.69, 9.17) is 5.84 Å². The van der Waals surface area contributed by atoms with E-state index in [1.807, 2.05) is 24.1 Å². The van der Waals surface area contributed by atoms with Gasteiger partial charge in [0.05, 0.1) is 6.20 Å². The normalized spacial score (nSPS) is 12.6. The van der Waals surface area contributed by atoms with E-state index in [-0.39, 0.29) is 6.04 Å².